The summed E-state index contributed by atoms with van der Waals surface area (Å²) in [7, 11) is 0. The van der Waals surface area contributed by atoms with Crippen molar-refractivity contribution in [2.75, 3.05) is 13.3 Å². The summed E-state index contributed by atoms with van der Waals surface area (Å²) in [5.74, 6) is 1.70. The Bertz CT molecular complexity index is 871. The molecule has 3 aromatic rings. The first-order valence-electron chi connectivity index (χ1n) is 7.53. The third kappa shape index (κ3) is 1.77. The van der Waals surface area contributed by atoms with Gasteiger partial charge in [0.15, 0.2) is 11.5 Å². The van der Waals surface area contributed by atoms with Crippen molar-refractivity contribution >= 4 is 21.4 Å². The Morgan fingerprint density at radius 1 is 1.05 bits per heavy atom. The summed E-state index contributed by atoms with van der Waals surface area (Å²) in [6, 6.07) is 15.2. The van der Waals surface area contributed by atoms with E-state index in [-0.39, 0.29) is 6.04 Å². The van der Waals surface area contributed by atoms with Crippen molar-refractivity contribution in [1.29, 1.82) is 0 Å². The van der Waals surface area contributed by atoms with E-state index in [4.69, 9.17) is 9.47 Å². The van der Waals surface area contributed by atoms with Crippen LogP contribution in [0.25, 0.3) is 10.1 Å². The molecule has 2 aliphatic heterocycles. The lowest BCUT2D eigenvalue weighted by molar-refractivity contribution is 0.174. The highest BCUT2D eigenvalue weighted by atomic mass is 32.1. The molecule has 0 bridgehead atoms. The van der Waals surface area contributed by atoms with Crippen molar-refractivity contribution in [3.8, 4) is 11.5 Å². The molecule has 1 aromatic heterocycles. The summed E-state index contributed by atoms with van der Waals surface area (Å²) in [6.07, 6.45) is 1.10. The highest BCUT2D eigenvalue weighted by molar-refractivity contribution is 7.19. The fourth-order valence-corrected chi connectivity index (χ4v) is 4.76. The molecule has 1 atom stereocenters. The first kappa shape index (κ1) is 12.5. The molecule has 4 heteroatoms. The Balaban J connectivity index is 1.65. The second-order valence-corrected chi connectivity index (χ2v) is 6.77. The Morgan fingerprint density at radius 2 is 1.95 bits per heavy atom. The molecule has 110 valence electrons. The molecule has 0 radical (unpaired) electrons. The molecule has 0 saturated heterocycles. The van der Waals surface area contributed by atoms with Crippen LogP contribution in [0.3, 0.4) is 0 Å². The average molecular weight is 309 g/mol. The van der Waals surface area contributed by atoms with Crippen LogP contribution in [0.1, 0.15) is 22.0 Å². The van der Waals surface area contributed by atoms with Crippen molar-refractivity contribution in [2.24, 2.45) is 0 Å². The van der Waals surface area contributed by atoms with Gasteiger partial charge in [0.2, 0.25) is 6.79 Å². The predicted octanol–water partition coefficient (Wildman–Crippen LogP) is 3.87. The van der Waals surface area contributed by atoms with Gasteiger partial charge in [-0.15, -0.1) is 11.3 Å². The van der Waals surface area contributed by atoms with Gasteiger partial charge in [-0.3, -0.25) is 0 Å². The molecule has 0 unspecified atom stereocenters. The van der Waals surface area contributed by atoms with E-state index in [0.29, 0.717) is 6.79 Å². The third-order valence-electron chi connectivity index (χ3n) is 4.45. The Labute approximate surface area is 132 Å². The number of fused-ring (bicyclic) bond motifs is 4. The maximum absolute atomic E-state index is 5.53. The Kier molecular flexibility index (Phi) is 2.69. The summed E-state index contributed by atoms with van der Waals surface area (Å²) < 4.78 is 12.3. The van der Waals surface area contributed by atoms with Crippen molar-refractivity contribution in [1.82, 2.24) is 5.32 Å². The minimum absolute atomic E-state index is 0.246. The van der Waals surface area contributed by atoms with Crippen LogP contribution in [-0.2, 0) is 6.42 Å². The van der Waals surface area contributed by atoms with E-state index in [1.807, 2.05) is 17.4 Å². The van der Waals surface area contributed by atoms with Gasteiger partial charge in [0, 0.05) is 16.1 Å². The second-order valence-electron chi connectivity index (χ2n) is 5.69. The number of hydrogen-bond donors (Lipinski definition) is 1. The fourth-order valence-electron chi connectivity index (χ4n) is 3.40. The summed E-state index contributed by atoms with van der Waals surface area (Å²) in [5.41, 5.74) is 2.75. The van der Waals surface area contributed by atoms with Gasteiger partial charge in [-0.1, -0.05) is 24.3 Å². The van der Waals surface area contributed by atoms with Gasteiger partial charge in [-0.05, 0) is 41.1 Å². The number of benzene rings is 2. The number of rotatable bonds is 1. The Hall–Kier alpha value is -2.04. The van der Waals surface area contributed by atoms with Crippen LogP contribution in [0.5, 0.6) is 11.5 Å². The molecule has 0 spiro atoms. The van der Waals surface area contributed by atoms with Crippen LogP contribution in [0.15, 0.2) is 42.5 Å². The van der Waals surface area contributed by atoms with Gasteiger partial charge in [0.05, 0.1) is 6.04 Å². The van der Waals surface area contributed by atoms with Crippen LogP contribution in [0.2, 0.25) is 0 Å². The molecule has 2 aromatic carbocycles. The molecule has 0 saturated carbocycles. The van der Waals surface area contributed by atoms with Crippen LogP contribution in [-0.4, -0.2) is 13.3 Å². The van der Waals surface area contributed by atoms with Crippen LogP contribution in [0, 0.1) is 0 Å². The average Bonchev–Trinajstić information content (AvgIpc) is 3.18. The standard InChI is InChI=1S/C18H15NO2S/c1-2-4-16-12(3-1)13-7-8-19-17(18(13)22-16)11-5-6-14-15(9-11)21-10-20-14/h1-6,9,17,19H,7-8,10H2/t17-/m1/s1. The zero-order chi connectivity index (χ0) is 14.5. The van der Waals surface area contributed by atoms with Gasteiger partial charge in [0.1, 0.15) is 0 Å². The number of ether oxygens (including phenoxy) is 2. The molecule has 3 nitrogen and oxygen atoms in total. The van der Waals surface area contributed by atoms with Gasteiger partial charge in [-0.2, -0.15) is 0 Å². The summed E-state index contributed by atoms with van der Waals surface area (Å²) in [6.45, 7) is 1.33. The molecular weight excluding hydrogens is 294 g/mol. The second kappa shape index (κ2) is 4.73. The minimum atomic E-state index is 0.246. The zero-order valence-electron chi connectivity index (χ0n) is 12.0. The van der Waals surface area contributed by atoms with E-state index in [1.165, 1.54) is 26.1 Å². The van der Waals surface area contributed by atoms with Crippen LogP contribution < -0.4 is 14.8 Å². The predicted molar refractivity (Wildman–Crippen MR) is 87.9 cm³/mol. The largest absolute Gasteiger partial charge is 0.454 e. The minimum Gasteiger partial charge on any atom is -0.454 e. The number of nitrogens with one attached hydrogen (secondary N) is 1. The number of hydrogen-bond acceptors (Lipinski definition) is 4. The summed E-state index contributed by atoms with van der Waals surface area (Å²) in [4.78, 5) is 1.44. The van der Waals surface area contributed by atoms with E-state index in [9.17, 15) is 0 Å². The van der Waals surface area contributed by atoms with Crippen molar-refractivity contribution in [3.63, 3.8) is 0 Å². The molecule has 22 heavy (non-hydrogen) atoms. The molecule has 0 aliphatic carbocycles. The number of thiophene rings is 1. The fraction of sp³-hybridized carbons (Fsp3) is 0.222. The van der Waals surface area contributed by atoms with E-state index in [2.05, 4.69) is 41.7 Å². The molecule has 2 aliphatic rings. The summed E-state index contributed by atoms with van der Waals surface area (Å²) >= 11 is 1.90. The van der Waals surface area contributed by atoms with Crippen molar-refractivity contribution in [2.45, 2.75) is 12.5 Å². The van der Waals surface area contributed by atoms with Crippen molar-refractivity contribution < 1.29 is 9.47 Å². The van der Waals surface area contributed by atoms with E-state index in [1.54, 1.807) is 0 Å². The lowest BCUT2D eigenvalue weighted by Gasteiger charge is -2.24. The Morgan fingerprint density at radius 3 is 2.95 bits per heavy atom. The molecular formula is C18H15NO2S. The van der Waals surface area contributed by atoms with Crippen LogP contribution >= 0.6 is 11.3 Å². The van der Waals surface area contributed by atoms with E-state index in [0.717, 1.165) is 24.5 Å². The van der Waals surface area contributed by atoms with Gasteiger partial charge in [-0.25, -0.2) is 0 Å². The lowest BCUT2D eigenvalue weighted by Crippen LogP contribution is -2.29. The quantitative estimate of drug-likeness (QED) is 0.740. The molecule has 5 rings (SSSR count). The van der Waals surface area contributed by atoms with Crippen molar-refractivity contribution in [3.05, 3.63) is 58.5 Å². The van der Waals surface area contributed by atoms with E-state index < -0.39 is 0 Å². The topological polar surface area (TPSA) is 30.5 Å². The normalized spacial score (nSPS) is 19.4. The first-order valence-corrected chi connectivity index (χ1v) is 8.35. The lowest BCUT2D eigenvalue weighted by atomic mass is 9.95. The first-order chi connectivity index (χ1) is 10.9. The smallest absolute Gasteiger partial charge is 0.231 e. The summed E-state index contributed by atoms with van der Waals surface area (Å²) in [5, 5.41) is 5.07. The van der Waals surface area contributed by atoms with Crippen LogP contribution in [0.4, 0.5) is 0 Å². The van der Waals surface area contributed by atoms with E-state index >= 15 is 0 Å². The third-order valence-corrected chi connectivity index (χ3v) is 5.72. The maximum Gasteiger partial charge on any atom is 0.231 e. The van der Waals surface area contributed by atoms with Gasteiger partial charge >= 0.3 is 0 Å². The SMILES string of the molecule is c1ccc2c3c(sc2c1)[C@@H](c1ccc2c(c1)OCO2)NCC3. The maximum atomic E-state index is 5.53. The highest BCUT2D eigenvalue weighted by Crippen LogP contribution is 2.42. The molecule has 0 fully saturated rings. The monoisotopic (exact) mass is 309 g/mol. The molecule has 1 N–H and O–H groups in total. The molecule has 0 amide bonds. The zero-order valence-corrected chi connectivity index (χ0v) is 12.8. The van der Waals surface area contributed by atoms with Gasteiger partial charge in [0.25, 0.3) is 0 Å². The highest BCUT2D eigenvalue weighted by Gasteiger charge is 2.26. The van der Waals surface area contributed by atoms with Gasteiger partial charge < -0.3 is 14.8 Å². The molecule has 3 heterocycles.